The highest BCUT2D eigenvalue weighted by atomic mass is 32.1. The Hall–Kier alpha value is -6.17. The minimum atomic E-state index is 0.565. The van der Waals surface area contributed by atoms with Crippen molar-refractivity contribution in [2.75, 3.05) is 0 Å². The van der Waals surface area contributed by atoms with Crippen molar-refractivity contribution in [3.05, 3.63) is 152 Å². The van der Waals surface area contributed by atoms with Crippen LogP contribution >= 0.6 is 11.3 Å². The molecule has 0 N–H and O–H groups in total. The lowest BCUT2D eigenvalue weighted by molar-refractivity contribution is 0.577. The summed E-state index contributed by atoms with van der Waals surface area (Å²) in [6.45, 7) is 0. The molecule has 48 heavy (non-hydrogen) atoms. The first kappa shape index (κ1) is 26.0. The Labute approximate surface area is 278 Å². The van der Waals surface area contributed by atoms with E-state index in [1.807, 2.05) is 0 Å². The first-order valence-electron chi connectivity index (χ1n) is 16.1. The summed E-state index contributed by atoms with van der Waals surface area (Å²) in [5, 5.41) is 7.13. The Kier molecular flexibility index (Phi) is 5.23. The maximum atomic E-state index is 6.99. The van der Waals surface area contributed by atoms with Crippen molar-refractivity contribution in [2.24, 2.45) is 0 Å². The third kappa shape index (κ3) is 3.51. The van der Waals surface area contributed by atoms with Crippen molar-refractivity contribution in [3.8, 4) is 22.8 Å². The summed E-state index contributed by atoms with van der Waals surface area (Å²) in [4.78, 5) is 5.35. The van der Waals surface area contributed by atoms with Crippen molar-refractivity contribution >= 4 is 86.2 Å². The number of para-hydroxylation sites is 3. The van der Waals surface area contributed by atoms with E-state index < -0.39 is 0 Å². The Morgan fingerprint density at radius 3 is 1.77 bits per heavy atom. The van der Waals surface area contributed by atoms with E-state index in [0.717, 1.165) is 55.1 Å². The molecule has 0 radical (unpaired) electrons. The van der Waals surface area contributed by atoms with Gasteiger partial charge in [-0.3, -0.25) is 4.57 Å². The molecule has 4 nitrogen and oxygen atoms in total. The maximum Gasteiger partial charge on any atom is 0.307 e. The van der Waals surface area contributed by atoms with E-state index in [1.54, 1.807) is 11.3 Å². The monoisotopic (exact) mass is 631 g/mol. The van der Waals surface area contributed by atoms with E-state index in [4.69, 9.17) is 9.40 Å². The molecular formula is C43H25N3OS. The van der Waals surface area contributed by atoms with Gasteiger partial charge in [0.15, 0.2) is 5.58 Å². The lowest BCUT2D eigenvalue weighted by Crippen LogP contribution is -1.97. The molecule has 0 unspecified atom stereocenters. The zero-order chi connectivity index (χ0) is 31.3. The van der Waals surface area contributed by atoms with Gasteiger partial charge in [-0.1, -0.05) is 109 Å². The van der Waals surface area contributed by atoms with Gasteiger partial charge in [0.25, 0.3) is 0 Å². The van der Waals surface area contributed by atoms with E-state index in [1.165, 1.54) is 36.6 Å². The summed E-state index contributed by atoms with van der Waals surface area (Å²) >= 11 is 1.80. The van der Waals surface area contributed by atoms with Crippen molar-refractivity contribution < 1.29 is 4.42 Å². The number of hydrogen-bond donors (Lipinski definition) is 0. The molecule has 0 fully saturated rings. The highest BCUT2D eigenvalue weighted by molar-refractivity contribution is 7.26. The minimum absolute atomic E-state index is 0.565. The summed E-state index contributed by atoms with van der Waals surface area (Å²) in [7, 11) is 0. The van der Waals surface area contributed by atoms with Crippen molar-refractivity contribution in [3.63, 3.8) is 0 Å². The largest absolute Gasteiger partial charge is 0.422 e. The fraction of sp³-hybridized carbons (Fsp3) is 0. The normalized spacial score (nSPS) is 12.2. The fourth-order valence-corrected chi connectivity index (χ4v) is 8.84. The van der Waals surface area contributed by atoms with Crippen LogP contribution in [0.25, 0.3) is 97.7 Å². The molecule has 4 aromatic heterocycles. The van der Waals surface area contributed by atoms with Crippen molar-refractivity contribution in [1.82, 2.24) is 14.1 Å². The topological polar surface area (TPSA) is 35.9 Å². The Balaban J connectivity index is 1.25. The number of rotatable bonds is 3. The van der Waals surface area contributed by atoms with Crippen LogP contribution < -0.4 is 0 Å². The third-order valence-corrected chi connectivity index (χ3v) is 10.9. The lowest BCUT2D eigenvalue weighted by atomic mass is 10.0. The number of thiophene rings is 1. The molecule has 5 heteroatoms. The first-order chi connectivity index (χ1) is 23.8. The second-order valence-corrected chi connectivity index (χ2v) is 13.4. The van der Waals surface area contributed by atoms with Gasteiger partial charge in [0, 0.05) is 53.0 Å². The minimum Gasteiger partial charge on any atom is -0.422 e. The van der Waals surface area contributed by atoms with E-state index in [9.17, 15) is 0 Å². The molecule has 11 rings (SSSR count). The quantitative estimate of drug-likeness (QED) is 0.194. The van der Waals surface area contributed by atoms with Crippen LogP contribution in [0.4, 0.5) is 0 Å². The SMILES string of the molecule is c1ccc(-c2cc3sc4ccccc4c3c3oc(-n4c5ccccc5c5ccc(-n6c7ccccc7c7ccccc76)cc54)nc23)cc1. The van der Waals surface area contributed by atoms with Crippen LogP contribution in [0.15, 0.2) is 156 Å². The second-order valence-electron chi connectivity index (χ2n) is 12.4. The van der Waals surface area contributed by atoms with Crippen LogP contribution in [0.1, 0.15) is 0 Å². The molecule has 0 aliphatic rings. The highest BCUT2D eigenvalue weighted by Crippen LogP contribution is 2.44. The molecule has 0 atom stereocenters. The summed E-state index contributed by atoms with van der Waals surface area (Å²) in [5.41, 5.74) is 9.46. The average Bonchev–Trinajstić information content (AvgIpc) is 3.90. The van der Waals surface area contributed by atoms with Crippen LogP contribution in [0, 0.1) is 0 Å². The number of fused-ring (bicyclic) bond motifs is 11. The van der Waals surface area contributed by atoms with Gasteiger partial charge in [0.2, 0.25) is 0 Å². The van der Waals surface area contributed by atoms with Gasteiger partial charge >= 0.3 is 6.01 Å². The Bertz CT molecular complexity index is 3010. The fourth-order valence-electron chi connectivity index (χ4n) is 7.70. The van der Waals surface area contributed by atoms with Crippen LogP contribution in [-0.2, 0) is 0 Å². The molecular weight excluding hydrogens is 607 g/mol. The average molecular weight is 632 g/mol. The standard InChI is InChI=1S/C43H25N3OS/c1-2-12-26(13-3-1)33-25-39-40(32-17-7-11-21-38(32)48-39)42-41(33)44-43(47-42)46-36-20-10-6-16-30(36)31-23-22-27(24-37(31)46)45-34-18-8-4-14-28(34)29-15-5-9-19-35(29)45/h1-25H. The predicted molar refractivity (Wildman–Crippen MR) is 201 cm³/mol. The number of oxazole rings is 1. The van der Waals surface area contributed by atoms with Crippen LogP contribution in [-0.4, -0.2) is 14.1 Å². The van der Waals surface area contributed by atoms with E-state index in [-0.39, 0.29) is 0 Å². The Morgan fingerprint density at radius 1 is 0.479 bits per heavy atom. The van der Waals surface area contributed by atoms with Gasteiger partial charge in [-0.15, -0.1) is 11.3 Å². The van der Waals surface area contributed by atoms with Gasteiger partial charge in [0.05, 0.1) is 22.1 Å². The van der Waals surface area contributed by atoms with Crippen molar-refractivity contribution in [1.29, 1.82) is 0 Å². The smallest absolute Gasteiger partial charge is 0.307 e. The lowest BCUT2D eigenvalue weighted by Gasteiger charge is -2.09. The number of benzene rings is 7. The Morgan fingerprint density at radius 2 is 1.06 bits per heavy atom. The summed E-state index contributed by atoms with van der Waals surface area (Å²) in [5.74, 6) is 0. The first-order valence-corrected chi connectivity index (χ1v) is 17.0. The molecule has 0 aliphatic heterocycles. The van der Waals surface area contributed by atoms with E-state index in [2.05, 4.69) is 161 Å². The summed E-state index contributed by atoms with van der Waals surface area (Å²) in [6, 6.07) is 54.6. The van der Waals surface area contributed by atoms with Gasteiger partial charge in [-0.25, -0.2) is 0 Å². The van der Waals surface area contributed by atoms with Gasteiger partial charge in [-0.05, 0) is 48.0 Å². The molecule has 0 saturated carbocycles. The van der Waals surface area contributed by atoms with Crippen LogP contribution in [0.5, 0.6) is 0 Å². The molecule has 11 aromatic rings. The molecule has 0 amide bonds. The van der Waals surface area contributed by atoms with Crippen LogP contribution in [0.3, 0.4) is 0 Å². The second kappa shape index (κ2) is 9.67. The van der Waals surface area contributed by atoms with Gasteiger partial charge < -0.3 is 8.98 Å². The molecule has 0 aliphatic carbocycles. The molecule has 224 valence electrons. The van der Waals surface area contributed by atoms with E-state index >= 15 is 0 Å². The van der Waals surface area contributed by atoms with E-state index in [0.29, 0.717) is 6.01 Å². The van der Waals surface area contributed by atoms with Crippen molar-refractivity contribution in [2.45, 2.75) is 0 Å². The van der Waals surface area contributed by atoms with Crippen LogP contribution in [0.2, 0.25) is 0 Å². The molecule has 0 saturated heterocycles. The van der Waals surface area contributed by atoms with Gasteiger partial charge in [-0.2, -0.15) is 4.98 Å². The third-order valence-electron chi connectivity index (χ3n) is 9.77. The zero-order valence-electron chi connectivity index (χ0n) is 25.6. The number of nitrogens with zero attached hydrogens (tertiary/aromatic N) is 3. The molecule has 7 aromatic carbocycles. The molecule has 4 heterocycles. The number of aromatic nitrogens is 3. The highest BCUT2D eigenvalue weighted by Gasteiger charge is 2.23. The summed E-state index contributed by atoms with van der Waals surface area (Å²) < 4.78 is 14.0. The summed E-state index contributed by atoms with van der Waals surface area (Å²) in [6.07, 6.45) is 0. The predicted octanol–water partition coefficient (Wildman–Crippen LogP) is 12.1. The van der Waals surface area contributed by atoms with Gasteiger partial charge in [0.1, 0.15) is 5.52 Å². The maximum absolute atomic E-state index is 6.99. The zero-order valence-corrected chi connectivity index (χ0v) is 26.4. The number of hydrogen-bond acceptors (Lipinski definition) is 3. The molecule has 0 spiro atoms. The molecule has 0 bridgehead atoms.